The predicted molar refractivity (Wildman–Crippen MR) is 111 cm³/mol. The highest BCUT2D eigenvalue weighted by Gasteiger charge is 2.11. The Balaban J connectivity index is 1.63. The Morgan fingerprint density at radius 2 is 1.57 bits per heavy atom. The highest BCUT2D eigenvalue weighted by molar-refractivity contribution is 6.30. The number of carbonyl (C=O) groups excluding carboxylic acids is 2. The third-order valence-corrected chi connectivity index (χ3v) is 4.29. The molecule has 3 aromatic rings. The van der Waals surface area contributed by atoms with E-state index in [-0.39, 0.29) is 18.4 Å². The molecular weight excluding hydrogens is 376 g/mol. The van der Waals surface area contributed by atoms with E-state index < -0.39 is 0 Å². The minimum atomic E-state index is -0.311. The van der Waals surface area contributed by atoms with Crippen molar-refractivity contribution >= 4 is 34.8 Å². The number of anilines is 2. The minimum Gasteiger partial charge on any atom is -0.484 e. The van der Waals surface area contributed by atoms with Gasteiger partial charge in [0.05, 0.1) is 0 Å². The van der Waals surface area contributed by atoms with Crippen LogP contribution in [0.2, 0.25) is 5.02 Å². The molecule has 3 aromatic carbocycles. The fourth-order valence-corrected chi connectivity index (χ4v) is 2.76. The van der Waals surface area contributed by atoms with Gasteiger partial charge in [-0.3, -0.25) is 9.59 Å². The molecule has 28 heavy (non-hydrogen) atoms. The number of halogens is 1. The summed E-state index contributed by atoms with van der Waals surface area (Å²) >= 11 is 5.90. The van der Waals surface area contributed by atoms with Gasteiger partial charge >= 0.3 is 0 Å². The highest BCUT2D eigenvalue weighted by Crippen LogP contribution is 2.24. The van der Waals surface area contributed by atoms with Crippen LogP contribution in [0, 0.1) is 6.92 Å². The number of nitrogens with one attached hydrogen (secondary N) is 2. The molecule has 142 valence electrons. The van der Waals surface area contributed by atoms with Crippen molar-refractivity contribution in [1.29, 1.82) is 0 Å². The summed E-state index contributed by atoms with van der Waals surface area (Å²) in [6.07, 6.45) is 0. The Morgan fingerprint density at radius 3 is 2.29 bits per heavy atom. The molecule has 0 aliphatic rings. The number of carbonyl (C=O) groups is 2. The summed E-state index contributed by atoms with van der Waals surface area (Å²) in [6, 6.07) is 21.1. The largest absolute Gasteiger partial charge is 0.484 e. The number of benzene rings is 3. The lowest BCUT2D eigenvalue weighted by molar-refractivity contribution is -0.118. The molecule has 3 rings (SSSR count). The number of hydrogen-bond donors (Lipinski definition) is 2. The third kappa shape index (κ3) is 5.11. The van der Waals surface area contributed by atoms with Crippen LogP contribution in [0.4, 0.5) is 11.4 Å². The average molecular weight is 395 g/mol. The van der Waals surface area contributed by atoms with Crippen LogP contribution in [-0.2, 0) is 4.79 Å². The zero-order valence-electron chi connectivity index (χ0n) is 15.2. The summed E-state index contributed by atoms with van der Waals surface area (Å²) in [5.74, 6) is -0.00525. The monoisotopic (exact) mass is 394 g/mol. The van der Waals surface area contributed by atoms with Gasteiger partial charge in [0.1, 0.15) is 5.75 Å². The summed E-state index contributed by atoms with van der Waals surface area (Å²) < 4.78 is 5.45. The number of ether oxygens (including phenoxy) is 1. The van der Waals surface area contributed by atoms with Crippen LogP contribution in [0.3, 0.4) is 0 Å². The Bertz CT molecular complexity index is 990. The molecule has 0 radical (unpaired) electrons. The second-order valence-corrected chi connectivity index (χ2v) is 6.53. The lowest BCUT2D eigenvalue weighted by Crippen LogP contribution is -2.21. The first-order valence-electron chi connectivity index (χ1n) is 8.67. The normalized spacial score (nSPS) is 10.2. The van der Waals surface area contributed by atoms with Gasteiger partial charge in [-0.1, -0.05) is 41.9 Å². The van der Waals surface area contributed by atoms with Gasteiger partial charge in [0.25, 0.3) is 11.8 Å². The van der Waals surface area contributed by atoms with Crippen molar-refractivity contribution in [2.75, 3.05) is 17.2 Å². The van der Waals surface area contributed by atoms with Gasteiger partial charge in [-0.25, -0.2) is 0 Å². The molecule has 0 aliphatic carbocycles. The van der Waals surface area contributed by atoms with Crippen molar-refractivity contribution in [1.82, 2.24) is 0 Å². The van der Waals surface area contributed by atoms with Crippen LogP contribution >= 0.6 is 11.6 Å². The van der Waals surface area contributed by atoms with Crippen LogP contribution in [-0.4, -0.2) is 18.4 Å². The third-order valence-electron chi connectivity index (χ3n) is 4.06. The Kier molecular flexibility index (Phi) is 6.29. The fraction of sp³-hybridized carbons (Fsp3) is 0.0909. The van der Waals surface area contributed by atoms with Crippen LogP contribution < -0.4 is 15.4 Å². The summed E-state index contributed by atoms with van der Waals surface area (Å²) in [6.45, 7) is 1.68. The molecule has 5 nitrogen and oxygen atoms in total. The van der Waals surface area contributed by atoms with E-state index in [1.165, 1.54) is 0 Å². The molecule has 0 atom stereocenters. The average Bonchev–Trinajstić information content (AvgIpc) is 2.70. The van der Waals surface area contributed by atoms with Crippen molar-refractivity contribution in [3.8, 4) is 5.75 Å². The first-order valence-corrected chi connectivity index (χ1v) is 9.05. The van der Waals surface area contributed by atoms with E-state index in [1.807, 2.05) is 13.0 Å². The maximum atomic E-state index is 12.4. The molecule has 0 aromatic heterocycles. The van der Waals surface area contributed by atoms with Gasteiger partial charge in [-0.05, 0) is 55.0 Å². The Morgan fingerprint density at radius 1 is 0.893 bits per heavy atom. The van der Waals surface area contributed by atoms with Gasteiger partial charge in [0.2, 0.25) is 0 Å². The zero-order valence-corrected chi connectivity index (χ0v) is 16.0. The molecule has 2 N–H and O–H groups in total. The van der Waals surface area contributed by atoms with Gasteiger partial charge in [0, 0.05) is 22.0 Å². The number of hydrogen-bond acceptors (Lipinski definition) is 3. The van der Waals surface area contributed by atoms with Crippen molar-refractivity contribution in [2.24, 2.45) is 0 Å². The standard InChI is InChI=1S/C22H19ClN2O3/c1-15-19(24-21(26)14-28-18-10-5-9-17(23)13-18)11-6-12-20(15)25-22(27)16-7-3-2-4-8-16/h2-13H,14H2,1H3,(H,24,26)(H,25,27). The molecule has 0 saturated carbocycles. The van der Waals surface area contributed by atoms with E-state index >= 15 is 0 Å². The number of rotatable bonds is 6. The van der Waals surface area contributed by atoms with E-state index in [1.54, 1.807) is 66.7 Å². The molecule has 0 aliphatic heterocycles. The van der Waals surface area contributed by atoms with E-state index in [2.05, 4.69) is 10.6 Å². The summed E-state index contributed by atoms with van der Waals surface area (Å²) in [4.78, 5) is 24.6. The van der Waals surface area contributed by atoms with Gasteiger partial charge < -0.3 is 15.4 Å². The molecular formula is C22H19ClN2O3. The van der Waals surface area contributed by atoms with Crippen LogP contribution in [0.1, 0.15) is 15.9 Å². The smallest absolute Gasteiger partial charge is 0.262 e. The highest BCUT2D eigenvalue weighted by atomic mass is 35.5. The zero-order chi connectivity index (χ0) is 19.9. The molecule has 0 bridgehead atoms. The van der Waals surface area contributed by atoms with E-state index in [4.69, 9.17) is 16.3 Å². The molecule has 2 amide bonds. The first kappa shape index (κ1) is 19.5. The topological polar surface area (TPSA) is 67.4 Å². The quantitative estimate of drug-likeness (QED) is 0.623. The van der Waals surface area contributed by atoms with Crippen molar-refractivity contribution in [3.05, 3.63) is 88.9 Å². The maximum Gasteiger partial charge on any atom is 0.262 e. The Hall–Kier alpha value is -3.31. The first-order chi connectivity index (χ1) is 13.5. The second kappa shape index (κ2) is 9.06. The summed E-state index contributed by atoms with van der Waals surface area (Å²) in [5, 5.41) is 6.21. The molecule has 0 saturated heterocycles. The van der Waals surface area contributed by atoms with Crippen LogP contribution in [0.5, 0.6) is 5.75 Å². The molecule has 6 heteroatoms. The predicted octanol–water partition coefficient (Wildman–Crippen LogP) is 4.92. The fourth-order valence-electron chi connectivity index (χ4n) is 2.58. The van der Waals surface area contributed by atoms with E-state index in [9.17, 15) is 9.59 Å². The summed E-state index contributed by atoms with van der Waals surface area (Å²) in [5.41, 5.74) is 2.54. The van der Waals surface area contributed by atoms with Gasteiger partial charge in [-0.2, -0.15) is 0 Å². The lowest BCUT2D eigenvalue weighted by atomic mass is 10.1. The van der Waals surface area contributed by atoms with E-state index in [0.717, 1.165) is 5.56 Å². The van der Waals surface area contributed by atoms with Gasteiger partial charge in [-0.15, -0.1) is 0 Å². The lowest BCUT2D eigenvalue weighted by Gasteiger charge is -2.14. The molecule has 0 unspecified atom stereocenters. The minimum absolute atomic E-state index is 0.152. The molecule has 0 fully saturated rings. The second-order valence-electron chi connectivity index (χ2n) is 6.09. The van der Waals surface area contributed by atoms with Crippen LogP contribution in [0.25, 0.3) is 0 Å². The number of amides is 2. The SMILES string of the molecule is Cc1c(NC(=O)COc2cccc(Cl)c2)cccc1NC(=O)c1ccccc1. The van der Waals surface area contributed by atoms with Crippen molar-refractivity contribution in [2.45, 2.75) is 6.92 Å². The van der Waals surface area contributed by atoms with Crippen LogP contribution in [0.15, 0.2) is 72.8 Å². The Labute approximate surface area is 168 Å². The molecule has 0 spiro atoms. The van der Waals surface area contributed by atoms with Crippen molar-refractivity contribution < 1.29 is 14.3 Å². The molecule has 0 heterocycles. The van der Waals surface area contributed by atoms with Crippen molar-refractivity contribution in [3.63, 3.8) is 0 Å². The van der Waals surface area contributed by atoms with Gasteiger partial charge in [0.15, 0.2) is 6.61 Å². The van der Waals surface area contributed by atoms with E-state index in [0.29, 0.717) is 27.7 Å². The summed E-state index contributed by atoms with van der Waals surface area (Å²) in [7, 11) is 0. The maximum absolute atomic E-state index is 12.4.